The summed E-state index contributed by atoms with van der Waals surface area (Å²) in [7, 11) is 0. The number of aromatic hydroxyl groups is 1. The van der Waals surface area contributed by atoms with Crippen molar-refractivity contribution in [1.82, 2.24) is 4.98 Å². The van der Waals surface area contributed by atoms with Crippen molar-refractivity contribution in [3.05, 3.63) is 57.1 Å². The third-order valence-electron chi connectivity index (χ3n) is 3.08. The highest BCUT2D eigenvalue weighted by Crippen LogP contribution is 2.39. The van der Waals surface area contributed by atoms with E-state index in [9.17, 15) is 15.2 Å². The number of halogens is 1. The van der Waals surface area contributed by atoms with Crippen LogP contribution in [0.2, 0.25) is 0 Å². The van der Waals surface area contributed by atoms with Crippen molar-refractivity contribution in [1.29, 1.82) is 0 Å². The van der Waals surface area contributed by atoms with E-state index in [0.29, 0.717) is 15.7 Å². The van der Waals surface area contributed by atoms with Crippen LogP contribution in [0.4, 0.5) is 5.69 Å². The number of benzene rings is 2. The molecular weight excluding hydrogens is 324 g/mol. The molecule has 6 heteroatoms. The number of rotatable bonds is 2. The van der Waals surface area contributed by atoms with Crippen molar-refractivity contribution in [2.45, 2.75) is 0 Å². The normalized spacial score (nSPS) is 10.8. The second kappa shape index (κ2) is 4.64. The maximum Gasteiger partial charge on any atom is 0.271 e. The van der Waals surface area contributed by atoms with Crippen LogP contribution in [-0.4, -0.2) is 15.0 Å². The molecule has 0 bridgehead atoms. The fraction of sp³-hybridized carbons (Fsp3) is 0. The van der Waals surface area contributed by atoms with Crippen LogP contribution in [0, 0.1) is 10.1 Å². The van der Waals surface area contributed by atoms with Crippen LogP contribution in [-0.2, 0) is 0 Å². The SMILES string of the molecule is O=[N+]([O-])c1cc(Br)c(O)c(-c2cc3ccccc3[nH]2)c1. The highest BCUT2D eigenvalue weighted by molar-refractivity contribution is 9.10. The number of H-pyrrole nitrogens is 1. The highest BCUT2D eigenvalue weighted by Gasteiger charge is 2.17. The van der Waals surface area contributed by atoms with E-state index in [0.717, 1.165) is 10.9 Å². The standard InChI is InChI=1S/C14H9BrN2O3/c15-11-7-9(17(19)20)6-10(14(11)18)13-5-8-3-1-2-4-12(8)16-13/h1-7,16,18H. The fourth-order valence-electron chi connectivity index (χ4n) is 2.11. The minimum absolute atomic E-state index is 0.0258. The van der Waals surface area contributed by atoms with Gasteiger partial charge in [0.1, 0.15) is 5.75 Å². The van der Waals surface area contributed by atoms with Gasteiger partial charge >= 0.3 is 0 Å². The molecule has 0 aliphatic heterocycles. The largest absolute Gasteiger partial charge is 0.506 e. The van der Waals surface area contributed by atoms with Crippen molar-refractivity contribution >= 4 is 32.5 Å². The number of non-ortho nitro benzene ring substituents is 1. The van der Waals surface area contributed by atoms with Crippen molar-refractivity contribution in [2.24, 2.45) is 0 Å². The number of nitrogens with zero attached hydrogens (tertiary/aromatic N) is 1. The molecule has 2 aromatic carbocycles. The number of nitrogens with one attached hydrogen (secondary N) is 1. The molecule has 20 heavy (non-hydrogen) atoms. The number of aromatic amines is 1. The summed E-state index contributed by atoms with van der Waals surface area (Å²) in [5, 5.41) is 22.0. The predicted molar refractivity (Wildman–Crippen MR) is 79.8 cm³/mol. The molecule has 0 saturated carbocycles. The van der Waals surface area contributed by atoms with E-state index < -0.39 is 4.92 Å². The van der Waals surface area contributed by atoms with E-state index in [1.165, 1.54) is 12.1 Å². The van der Waals surface area contributed by atoms with E-state index in [2.05, 4.69) is 20.9 Å². The molecule has 0 unspecified atom stereocenters. The van der Waals surface area contributed by atoms with Crippen molar-refractivity contribution in [3.8, 4) is 17.0 Å². The summed E-state index contributed by atoms with van der Waals surface area (Å²) in [6.45, 7) is 0. The molecule has 5 nitrogen and oxygen atoms in total. The van der Waals surface area contributed by atoms with Gasteiger partial charge < -0.3 is 10.1 Å². The lowest BCUT2D eigenvalue weighted by Crippen LogP contribution is -1.90. The Bertz CT molecular complexity index is 793. The zero-order valence-corrected chi connectivity index (χ0v) is 11.7. The Balaban J connectivity index is 2.24. The molecule has 0 atom stereocenters. The molecule has 0 spiro atoms. The van der Waals surface area contributed by atoms with E-state index in [-0.39, 0.29) is 11.4 Å². The molecular formula is C14H9BrN2O3. The molecule has 0 saturated heterocycles. The van der Waals surface area contributed by atoms with E-state index in [4.69, 9.17) is 0 Å². The summed E-state index contributed by atoms with van der Waals surface area (Å²) in [6.07, 6.45) is 0. The molecule has 1 heterocycles. The average Bonchev–Trinajstić information content (AvgIpc) is 2.84. The zero-order chi connectivity index (χ0) is 14.3. The molecule has 1 aromatic heterocycles. The number of aromatic nitrogens is 1. The molecule has 2 N–H and O–H groups in total. The first-order chi connectivity index (χ1) is 9.56. The Morgan fingerprint density at radius 2 is 1.95 bits per heavy atom. The van der Waals surface area contributed by atoms with Crippen LogP contribution < -0.4 is 0 Å². The maximum atomic E-state index is 10.9. The second-order valence-corrected chi connectivity index (χ2v) is 5.21. The summed E-state index contributed by atoms with van der Waals surface area (Å²) < 4.78 is 0.292. The minimum Gasteiger partial charge on any atom is -0.506 e. The lowest BCUT2D eigenvalue weighted by Gasteiger charge is -2.04. The Morgan fingerprint density at radius 3 is 2.65 bits per heavy atom. The lowest BCUT2D eigenvalue weighted by molar-refractivity contribution is -0.384. The first kappa shape index (κ1) is 12.7. The Morgan fingerprint density at radius 1 is 1.20 bits per heavy atom. The van der Waals surface area contributed by atoms with Gasteiger partial charge in [-0.25, -0.2) is 0 Å². The number of nitro groups is 1. The van der Waals surface area contributed by atoms with Gasteiger partial charge in [0, 0.05) is 28.6 Å². The third kappa shape index (κ3) is 2.04. The smallest absolute Gasteiger partial charge is 0.271 e. The van der Waals surface area contributed by atoms with Gasteiger partial charge in [-0.2, -0.15) is 0 Å². The van der Waals surface area contributed by atoms with Crippen molar-refractivity contribution < 1.29 is 10.0 Å². The van der Waals surface area contributed by atoms with Gasteiger partial charge in [0.05, 0.1) is 15.1 Å². The topological polar surface area (TPSA) is 79.2 Å². The Hall–Kier alpha value is -2.34. The molecule has 0 fully saturated rings. The molecule has 0 amide bonds. The number of phenolic OH excluding ortho intramolecular Hbond substituents is 1. The molecule has 100 valence electrons. The van der Waals surface area contributed by atoms with Gasteiger partial charge in [-0.1, -0.05) is 18.2 Å². The minimum atomic E-state index is -0.490. The summed E-state index contributed by atoms with van der Waals surface area (Å²) in [6, 6.07) is 12.1. The highest BCUT2D eigenvalue weighted by atomic mass is 79.9. The average molecular weight is 333 g/mol. The summed E-state index contributed by atoms with van der Waals surface area (Å²) in [5.41, 5.74) is 1.85. The monoisotopic (exact) mass is 332 g/mol. The first-order valence-corrected chi connectivity index (χ1v) is 6.60. The van der Waals surface area contributed by atoms with Crippen molar-refractivity contribution in [2.75, 3.05) is 0 Å². The molecule has 3 rings (SSSR count). The fourth-order valence-corrected chi connectivity index (χ4v) is 2.56. The second-order valence-electron chi connectivity index (χ2n) is 4.35. The van der Waals surface area contributed by atoms with Gasteiger partial charge in [-0.15, -0.1) is 0 Å². The van der Waals surface area contributed by atoms with Gasteiger partial charge in [-0.05, 0) is 28.1 Å². The van der Waals surface area contributed by atoms with Crippen LogP contribution in [0.3, 0.4) is 0 Å². The van der Waals surface area contributed by atoms with Crippen molar-refractivity contribution in [3.63, 3.8) is 0 Å². The number of para-hydroxylation sites is 1. The predicted octanol–water partition coefficient (Wildman–Crippen LogP) is 4.21. The summed E-state index contributed by atoms with van der Waals surface area (Å²) in [5.74, 6) is -0.0258. The van der Waals surface area contributed by atoms with Gasteiger partial charge in [0.15, 0.2) is 0 Å². The van der Waals surface area contributed by atoms with Gasteiger partial charge in [-0.3, -0.25) is 10.1 Å². The molecule has 0 aliphatic carbocycles. The van der Waals surface area contributed by atoms with E-state index in [1.54, 1.807) is 0 Å². The van der Waals surface area contributed by atoms with Gasteiger partial charge in [0.2, 0.25) is 0 Å². The maximum absolute atomic E-state index is 10.9. The molecule has 3 aromatic rings. The number of fused-ring (bicyclic) bond motifs is 1. The third-order valence-corrected chi connectivity index (χ3v) is 3.68. The molecule has 0 aliphatic rings. The Labute approximate surface area is 122 Å². The zero-order valence-electron chi connectivity index (χ0n) is 10.1. The van der Waals surface area contributed by atoms with E-state index >= 15 is 0 Å². The number of nitro benzene ring substituents is 1. The van der Waals surface area contributed by atoms with Crippen LogP contribution >= 0.6 is 15.9 Å². The summed E-state index contributed by atoms with van der Waals surface area (Å²) in [4.78, 5) is 13.6. The van der Waals surface area contributed by atoms with Crippen LogP contribution in [0.5, 0.6) is 5.75 Å². The quantitative estimate of drug-likeness (QED) is 0.544. The number of hydrogen-bond acceptors (Lipinski definition) is 3. The number of phenols is 1. The van der Waals surface area contributed by atoms with E-state index in [1.807, 2.05) is 30.3 Å². The summed E-state index contributed by atoms with van der Waals surface area (Å²) >= 11 is 3.14. The van der Waals surface area contributed by atoms with Crippen LogP contribution in [0.15, 0.2) is 46.9 Å². The van der Waals surface area contributed by atoms with Crippen LogP contribution in [0.1, 0.15) is 0 Å². The van der Waals surface area contributed by atoms with Crippen LogP contribution in [0.25, 0.3) is 22.2 Å². The van der Waals surface area contributed by atoms with Gasteiger partial charge in [0.25, 0.3) is 5.69 Å². The lowest BCUT2D eigenvalue weighted by atomic mass is 10.1. The number of hydrogen-bond donors (Lipinski definition) is 2. The first-order valence-electron chi connectivity index (χ1n) is 5.81. The Kier molecular flexibility index (Phi) is 2.94. The molecule has 0 radical (unpaired) electrons.